The van der Waals surface area contributed by atoms with Crippen molar-refractivity contribution in [1.29, 1.82) is 0 Å². The quantitative estimate of drug-likeness (QED) is 0.557. The maximum Gasteiger partial charge on any atom is 0.267 e. The van der Waals surface area contributed by atoms with Gasteiger partial charge < -0.3 is 5.32 Å². The van der Waals surface area contributed by atoms with Gasteiger partial charge in [-0.25, -0.2) is 9.07 Å². The van der Waals surface area contributed by atoms with Gasteiger partial charge in [-0.05, 0) is 56.3 Å². The van der Waals surface area contributed by atoms with Gasteiger partial charge in [0.05, 0.1) is 16.9 Å². The van der Waals surface area contributed by atoms with Crippen molar-refractivity contribution in [3.05, 3.63) is 88.6 Å². The van der Waals surface area contributed by atoms with Gasteiger partial charge in [-0.15, -0.1) is 0 Å². The lowest BCUT2D eigenvalue weighted by Crippen LogP contribution is -2.33. The summed E-state index contributed by atoms with van der Waals surface area (Å²) in [5.41, 5.74) is 2.88. The van der Waals surface area contributed by atoms with E-state index in [4.69, 9.17) is 0 Å². The minimum atomic E-state index is -0.856. The minimum Gasteiger partial charge on any atom is -0.324 e. The summed E-state index contributed by atoms with van der Waals surface area (Å²) in [5, 5.41) is 8.02. The van der Waals surface area contributed by atoms with Gasteiger partial charge in [-0.3, -0.25) is 14.6 Å². The number of carbonyl (C=O) groups excluding carboxylic acids is 1. The fraction of sp³-hybridized carbons (Fsp3) is 0.130. The second kappa shape index (κ2) is 7.87. The Morgan fingerprint density at radius 2 is 1.80 bits per heavy atom. The molecule has 0 saturated carbocycles. The highest BCUT2D eigenvalue weighted by atomic mass is 19.1. The molecule has 0 fully saturated rings. The highest BCUT2D eigenvalue weighted by Crippen LogP contribution is 2.24. The number of amides is 1. The van der Waals surface area contributed by atoms with Crippen molar-refractivity contribution < 1.29 is 9.18 Å². The standard InChI is InChI=1S/C23H19FN4O2/c1-14-13-21(18-5-3-4-6-20(18)25-14)26-23(30)15(2)28-22(29)12-11-19(27-28)16-7-9-17(24)10-8-16/h3-13,15H,1-2H3,(H,25,26,30). The van der Waals surface area contributed by atoms with Crippen LogP contribution in [0.4, 0.5) is 10.1 Å². The predicted octanol–water partition coefficient (Wildman–Crippen LogP) is 4.11. The molecular formula is C23H19FN4O2. The number of rotatable bonds is 4. The molecule has 0 bridgehead atoms. The van der Waals surface area contributed by atoms with Gasteiger partial charge in [0.15, 0.2) is 0 Å². The molecule has 0 aliphatic carbocycles. The molecule has 4 aromatic rings. The van der Waals surface area contributed by atoms with E-state index in [0.29, 0.717) is 16.9 Å². The number of hydrogen-bond donors (Lipinski definition) is 1. The van der Waals surface area contributed by atoms with Crippen LogP contribution in [0.5, 0.6) is 0 Å². The van der Waals surface area contributed by atoms with Gasteiger partial charge >= 0.3 is 0 Å². The molecule has 0 spiro atoms. The van der Waals surface area contributed by atoms with E-state index in [1.54, 1.807) is 31.2 Å². The van der Waals surface area contributed by atoms with Crippen molar-refractivity contribution in [1.82, 2.24) is 14.8 Å². The monoisotopic (exact) mass is 402 g/mol. The first-order chi connectivity index (χ1) is 14.4. The maximum absolute atomic E-state index is 13.2. The molecule has 2 aromatic heterocycles. The van der Waals surface area contributed by atoms with Crippen molar-refractivity contribution in [3.63, 3.8) is 0 Å². The van der Waals surface area contributed by atoms with Gasteiger partial charge in [0.2, 0.25) is 5.91 Å². The zero-order chi connectivity index (χ0) is 21.3. The molecule has 0 saturated heterocycles. The zero-order valence-corrected chi connectivity index (χ0v) is 16.5. The summed E-state index contributed by atoms with van der Waals surface area (Å²) in [6, 6.07) is 17.1. The molecule has 0 aliphatic heterocycles. The Bertz CT molecular complexity index is 1300. The van der Waals surface area contributed by atoms with Crippen LogP contribution in [0.15, 0.2) is 71.5 Å². The molecule has 0 aliphatic rings. The van der Waals surface area contributed by atoms with Crippen LogP contribution in [0.25, 0.3) is 22.2 Å². The molecule has 2 aromatic carbocycles. The van der Waals surface area contributed by atoms with Gasteiger partial charge in [-0.1, -0.05) is 18.2 Å². The Hall–Kier alpha value is -3.87. The molecule has 0 radical (unpaired) electrons. The van der Waals surface area contributed by atoms with E-state index in [1.165, 1.54) is 18.2 Å². The van der Waals surface area contributed by atoms with Crippen molar-refractivity contribution >= 4 is 22.5 Å². The first-order valence-corrected chi connectivity index (χ1v) is 9.45. The third kappa shape index (κ3) is 3.82. The summed E-state index contributed by atoms with van der Waals surface area (Å²) in [5.74, 6) is -0.740. The lowest BCUT2D eigenvalue weighted by Gasteiger charge is -2.16. The summed E-state index contributed by atoms with van der Waals surface area (Å²) in [4.78, 5) is 29.8. The van der Waals surface area contributed by atoms with Gasteiger partial charge in [0, 0.05) is 22.7 Å². The first-order valence-electron chi connectivity index (χ1n) is 9.45. The summed E-state index contributed by atoms with van der Waals surface area (Å²) >= 11 is 0. The molecule has 1 amide bonds. The van der Waals surface area contributed by atoms with Crippen molar-refractivity contribution in [2.45, 2.75) is 19.9 Å². The number of aryl methyl sites for hydroxylation is 1. The number of fused-ring (bicyclic) bond motifs is 1. The Balaban J connectivity index is 1.66. The van der Waals surface area contributed by atoms with E-state index in [1.807, 2.05) is 31.2 Å². The predicted molar refractivity (Wildman–Crippen MR) is 114 cm³/mol. The highest BCUT2D eigenvalue weighted by Gasteiger charge is 2.19. The lowest BCUT2D eigenvalue weighted by atomic mass is 10.1. The SMILES string of the molecule is Cc1cc(NC(=O)C(C)n2nc(-c3ccc(F)cc3)ccc2=O)c2ccccc2n1. The Kier molecular flexibility index (Phi) is 5.10. The highest BCUT2D eigenvalue weighted by molar-refractivity contribution is 6.02. The fourth-order valence-corrected chi connectivity index (χ4v) is 3.24. The Morgan fingerprint density at radius 1 is 1.07 bits per heavy atom. The van der Waals surface area contributed by atoms with E-state index in [9.17, 15) is 14.0 Å². The number of pyridine rings is 1. The van der Waals surface area contributed by atoms with Crippen LogP contribution >= 0.6 is 0 Å². The molecule has 4 rings (SSSR count). The van der Waals surface area contributed by atoms with E-state index in [2.05, 4.69) is 15.4 Å². The van der Waals surface area contributed by atoms with Crippen LogP contribution in [-0.4, -0.2) is 20.7 Å². The van der Waals surface area contributed by atoms with Crippen LogP contribution in [0, 0.1) is 12.7 Å². The van der Waals surface area contributed by atoms with Gasteiger partial charge in [0.1, 0.15) is 11.9 Å². The number of benzene rings is 2. The number of para-hydroxylation sites is 1. The summed E-state index contributed by atoms with van der Waals surface area (Å²) < 4.78 is 14.3. The van der Waals surface area contributed by atoms with Gasteiger partial charge in [-0.2, -0.15) is 5.10 Å². The number of aromatic nitrogens is 3. The second-order valence-electron chi connectivity index (χ2n) is 7.00. The van der Waals surface area contributed by atoms with Crippen LogP contribution in [0.3, 0.4) is 0 Å². The molecule has 1 atom stereocenters. The van der Waals surface area contributed by atoms with E-state index >= 15 is 0 Å². The van der Waals surface area contributed by atoms with E-state index in [0.717, 1.165) is 21.3 Å². The third-order valence-electron chi connectivity index (χ3n) is 4.81. The first kappa shape index (κ1) is 19.4. The van der Waals surface area contributed by atoms with Crippen LogP contribution in [0.2, 0.25) is 0 Å². The number of carbonyl (C=O) groups is 1. The molecule has 150 valence electrons. The topological polar surface area (TPSA) is 76.9 Å². The number of nitrogens with one attached hydrogen (secondary N) is 1. The van der Waals surface area contributed by atoms with Crippen molar-refractivity contribution in [3.8, 4) is 11.3 Å². The number of anilines is 1. The molecule has 2 heterocycles. The van der Waals surface area contributed by atoms with E-state index < -0.39 is 11.6 Å². The molecule has 7 heteroatoms. The Labute approximate surface area is 172 Å². The number of halogens is 1. The van der Waals surface area contributed by atoms with Crippen LogP contribution < -0.4 is 10.9 Å². The number of hydrogen-bond acceptors (Lipinski definition) is 4. The summed E-state index contributed by atoms with van der Waals surface area (Å²) in [6.07, 6.45) is 0. The molecule has 6 nitrogen and oxygen atoms in total. The van der Waals surface area contributed by atoms with Crippen molar-refractivity contribution in [2.24, 2.45) is 0 Å². The normalized spacial score (nSPS) is 12.0. The average molecular weight is 402 g/mol. The largest absolute Gasteiger partial charge is 0.324 e. The van der Waals surface area contributed by atoms with Gasteiger partial charge in [0.25, 0.3) is 5.56 Å². The number of nitrogens with zero attached hydrogens (tertiary/aromatic N) is 3. The third-order valence-corrected chi connectivity index (χ3v) is 4.81. The average Bonchev–Trinajstić information content (AvgIpc) is 2.74. The summed E-state index contributed by atoms with van der Waals surface area (Å²) in [6.45, 7) is 3.46. The van der Waals surface area contributed by atoms with E-state index in [-0.39, 0.29) is 11.7 Å². The smallest absolute Gasteiger partial charge is 0.267 e. The lowest BCUT2D eigenvalue weighted by molar-refractivity contribution is -0.119. The minimum absolute atomic E-state index is 0.361. The fourth-order valence-electron chi connectivity index (χ4n) is 3.24. The maximum atomic E-state index is 13.2. The Morgan fingerprint density at radius 3 is 2.57 bits per heavy atom. The second-order valence-corrected chi connectivity index (χ2v) is 7.00. The molecular weight excluding hydrogens is 383 g/mol. The molecule has 1 unspecified atom stereocenters. The van der Waals surface area contributed by atoms with Crippen molar-refractivity contribution in [2.75, 3.05) is 5.32 Å². The van der Waals surface area contributed by atoms with Crippen LogP contribution in [0.1, 0.15) is 18.7 Å². The molecule has 30 heavy (non-hydrogen) atoms. The zero-order valence-electron chi connectivity index (χ0n) is 16.5. The van der Waals surface area contributed by atoms with Crippen LogP contribution in [-0.2, 0) is 4.79 Å². The summed E-state index contributed by atoms with van der Waals surface area (Å²) in [7, 11) is 0. The molecule has 1 N–H and O–H groups in total.